The third-order valence-corrected chi connectivity index (χ3v) is 7.31. The number of hydrogen-bond acceptors (Lipinski definition) is 4. The van der Waals surface area contributed by atoms with Gasteiger partial charge in [-0.15, -0.1) is 0 Å². The van der Waals surface area contributed by atoms with Crippen LogP contribution in [0.3, 0.4) is 0 Å². The van der Waals surface area contributed by atoms with Crippen LogP contribution >= 0.6 is 0 Å². The van der Waals surface area contributed by atoms with Gasteiger partial charge in [0.15, 0.2) is 0 Å². The first kappa shape index (κ1) is 21.3. The quantitative estimate of drug-likeness (QED) is 0.441. The molecule has 0 bridgehead atoms. The summed E-state index contributed by atoms with van der Waals surface area (Å²) >= 11 is 0. The van der Waals surface area contributed by atoms with E-state index in [1.807, 2.05) is 42.5 Å². The average Bonchev–Trinajstić information content (AvgIpc) is 2.79. The molecule has 1 fully saturated rings. The van der Waals surface area contributed by atoms with Crippen LogP contribution in [0.5, 0.6) is 5.75 Å². The molecule has 1 aliphatic carbocycles. The zero-order valence-corrected chi connectivity index (χ0v) is 19.1. The molecule has 0 amide bonds. The van der Waals surface area contributed by atoms with Crippen LogP contribution in [0, 0.1) is 17.8 Å². The largest absolute Gasteiger partial charge is 0.464 e. The molecule has 0 radical (unpaired) electrons. The Hall–Kier alpha value is -2.59. The lowest BCUT2D eigenvalue weighted by Gasteiger charge is -2.41. The van der Waals surface area contributed by atoms with E-state index in [2.05, 4.69) is 32.9 Å². The highest BCUT2D eigenvalue weighted by molar-refractivity contribution is 5.85. The Bertz CT molecular complexity index is 1130. The Morgan fingerprint density at radius 3 is 2.50 bits per heavy atom. The highest BCUT2D eigenvalue weighted by Crippen LogP contribution is 2.44. The third kappa shape index (κ3) is 3.97. The monoisotopic (exact) mass is 432 g/mol. The number of benzene rings is 2. The number of fused-ring (bicyclic) bond motifs is 3. The fourth-order valence-corrected chi connectivity index (χ4v) is 5.59. The minimum Gasteiger partial charge on any atom is -0.464 e. The van der Waals surface area contributed by atoms with E-state index < -0.39 is 6.29 Å². The summed E-state index contributed by atoms with van der Waals surface area (Å²) in [5, 5.41) is 0.828. The van der Waals surface area contributed by atoms with Gasteiger partial charge in [0.25, 0.3) is 0 Å². The minimum absolute atomic E-state index is 0.121. The predicted octanol–water partition coefficient (Wildman–Crippen LogP) is 6.51. The Kier molecular flexibility index (Phi) is 5.81. The van der Waals surface area contributed by atoms with Gasteiger partial charge >= 0.3 is 5.63 Å². The van der Waals surface area contributed by atoms with Gasteiger partial charge in [-0.2, -0.15) is 0 Å². The molecular weight excluding hydrogens is 400 g/mol. The van der Waals surface area contributed by atoms with E-state index in [9.17, 15) is 4.79 Å². The van der Waals surface area contributed by atoms with E-state index in [1.54, 1.807) is 0 Å². The Morgan fingerprint density at radius 1 is 0.969 bits per heavy atom. The number of ether oxygens (including phenoxy) is 2. The summed E-state index contributed by atoms with van der Waals surface area (Å²) in [4.78, 5) is 13.1. The smallest absolute Gasteiger partial charge is 0.343 e. The van der Waals surface area contributed by atoms with Crippen LogP contribution in [-0.2, 0) is 4.74 Å². The Morgan fingerprint density at radius 2 is 1.72 bits per heavy atom. The van der Waals surface area contributed by atoms with Gasteiger partial charge in [-0.05, 0) is 48.3 Å². The molecule has 4 heteroatoms. The van der Waals surface area contributed by atoms with Gasteiger partial charge in [0, 0.05) is 12.3 Å². The van der Waals surface area contributed by atoms with Crippen molar-refractivity contribution in [1.82, 2.24) is 0 Å². The van der Waals surface area contributed by atoms with Crippen LogP contribution < -0.4 is 10.4 Å². The van der Waals surface area contributed by atoms with Crippen LogP contribution in [0.2, 0.25) is 0 Å². The molecule has 4 nitrogen and oxygen atoms in total. The SMILES string of the molecule is CC1CCC(C(C)C)C(O[C@@H]2C[C@@H](c3ccccc3)c3c(c4ccccc4oc3=O)O2)C1. The van der Waals surface area contributed by atoms with Crippen LogP contribution in [0.25, 0.3) is 11.0 Å². The summed E-state index contributed by atoms with van der Waals surface area (Å²) in [6, 6.07) is 17.8. The molecule has 32 heavy (non-hydrogen) atoms. The molecule has 5 atom stereocenters. The van der Waals surface area contributed by atoms with Gasteiger partial charge in [-0.1, -0.05) is 69.7 Å². The van der Waals surface area contributed by atoms with Crippen molar-refractivity contribution in [3.8, 4) is 5.75 Å². The topological polar surface area (TPSA) is 48.7 Å². The molecule has 1 aromatic heterocycles. The van der Waals surface area contributed by atoms with Gasteiger partial charge in [0.2, 0.25) is 6.29 Å². The molecule has 1 saturated carbocycles. The van der Waals surface area contributed by atoms with Crippen molar-refractivity contribution >= 4 is 11.0 Å². The van der Waals surface area contributed by atoms with Crippen molar-refractivity contribution in [2.75, 3.05) is 0 Å². The van der Waals surface area contributed by atoms with Gasteiger partial charge in [0.05, 0.1) is 17.1 Å². The molecule has 2 aliphatic rings. The predicted molar refractivity (Wildman–Crippen MR) is 126 cm³/mol. The van der Waals surface area contributed by atoms with E-state index >= 15 is 0 Å². The molecule has 2 heterocycles. The lowest BCUT2D eigenvalue weighted by atomic mass is 9.75. The lowest BCUT2D eigenvalue weighted by molar-refractivity contribution is -0.163. The van der Waals surface area contributed by atoms with Crippen molar-refractivity contribution in [2.24, 2.45) is 17.8 Å². The molecule has 5 rings (SSSR count). The highest BCUT2D eigenvalue weighted by Gasteiger charge is 2.39. The first-order valence-corrected chi connectivity index (χ1v) is 11.9. The van der Waals surface area contributed by atoms with Crippen LogP contribution in [0.15, 0.2) is 63.8 Å². The molecule has 2 aromatic carbocycles. The van der Waals surface area contributed by atoms with E-state index in [0.717, 1.165) is 17.4 Å². The fraction of sp³-hybridized carbons (Fsp3) is 0.464. The summed E-state index contributed by atoms with van der Waals surface area (Å²) in [5.74, 6) is 2.25. The number of para-hydroxylation sites is 1. The van der Waals surface area contributed by atoms with Crippen molar-refractivity contribution in [1.29, 1.82) is 0 Å². The molecule has 3 aromatic rings. The van der Waals surface area contributed by atoms with Gasteiger partial charge in [-0.25, -0.2) is 4.79 Å². The Labute approximate surface area is 189 Å². The minimum atomic E-state index is -0.394. The molecule has 168 valence electrons. The standard InChI is InChI=1S/C28H32O4/c1-17(2)20-14-13-18(3)15-24(20)30-25-16-22(19-9-5-4-6-10-19)26-27(32-25)21-11-7-8-12-23(21)31-28(26)29/h4-12,17-18,20,22,24-25H,13-16H2,1-3H3/t18?,20?,22-,24?,25-/m0/s1. The number of rotatable bonds is 4. The van der Waals surface area contributed by atoms with E-state index in [0.29, 0.717) is 41.1 Å². The van der Waals surface area contributed by atoms with Crippen molar-refractivity contribution in [3.63, 3.8) is 0 Å². The van der Waals surface area contributed by atoms with Gasteiger partial charge in [0.1, 0.15) is 11.3 Å². The summed E-state index contributed by atoms with van der Waals surface area (Å²) < 4.78 is 18.9. The van der Waals surface area contributed by atoms with E-state index in [1.165, 1.54) is 12.8 Å². The zero-order valence-electron chi connectivity index (χ0n) is 19.1. The van der Waals surface area contributed by atoms with Crippen LogP contribution in [0.1, 0.15) is 63.5 Å². The van der Waals surface area contributed by atoms with Gasteiger partial charge < -0.3 is 13.9 Å². The molecule has 1 aliphatic heterocycles. The van der Waals surface area contributed by atoms with Crippen molar-refractivity contribution in [2.45, 2.75) is 64.8 Å². The summed E-state index contributed by atoms with van der Waals surface area (Å²) in [6.45, 7) is 6.90. The van der Waals surface area contributed by atoms with Crippen LogP contribution in [0.4, 0.5) is 0 Å². The van der Waals surface area contributed by atoms with Crippen molar-refractivity contribution in [3.05, 3.63) is 76.1 Å². The summed E-state index contributed by atoms with van der Waals surface area (Å²) in [5.41, 5.74) is 1.92. The molecule has 0 saturated heterocycles. The molecule has 0 N–H and O–H groups in total. The van der Waals surface area contributed by atoms with Crippen molar-refractivity contribution < 1.29 is 13.9 Å². The molecule has 3 unspecified atom stereocenters. The van der Waals surface area contributed by atoms with Gasteiger partial charge in [-0.3, -0.25) is 0 Å². The molecular formula is C28H32O4. The maximum absolute atomic E-state index is 13.1. The normalized spacial score (nSPS) is 27.8. The molecule has 0 spiro atoms. The Balaban J connectivity index is 1.56. The maximum Gasteiger partial charge on any atom is 0.343 e. The first-order valence-electron chi connectivity index (χ1n) is 11.9. The zero-order chi connectivity index (χ0) is 22.2. The first-order chi connectivity index (χ1) is 15.5. The van der Waals surface area contributed by atoms with Crippen LogP contribution in [-0.4, -0.2) is 12.4 Å². The average molecular weight is 433 g/mol. The maximum atomic E-state index is 13.1. The lowest BCUT2D eigenvalue weighted by Crippen LogP contribution is -2.41. The highest BCUT2D eigenvalue weighted by atomic mass is 16.7. The number of hydrogen-bond donors (Lipinski definition) is 0. The summed E-state index contributed by atoms with van der Waals surface area (Å²) in [7, 11) is 0. The second-order valence-electron chi connectivity index (χ2n) is 9.88. The third-order valence-electron chi connectivity index (χ3n) is 7.31. The van der Waals surface area contributed by atoms with E-state index in [-0.39, 0.29) is 17.6 Å². The van der Waals surface area contributed by atoms with E-state index in [4.69, 9.17) is 13.9 Å². The summed E-state index contributed by atoms with van der Waals surface area (Å²) in [6.07, 6.45) is 3.90. The fourth-order valence-electron chi connectivity index (χ4n) is 5.59. The second-order valence-corrected chi connectivity index (χ2v) is 9.88. The second kappa shape index (κ2) is 8.74.